The Morgan fingerprint density at radius 2 is 2.06 bits per heavy atom. The van der Waals surface area contributed by atoms with E-state index in [1.54, 1.807) is 0 Å². The maximum absolute atomic E-state index is 11.1. The molecule has 0 saturated carbocycles. The van der Waals surface area contributed by atoms with Crippen molar-refractivity contribution in [2.45, 2.75) is 6.92 Å². The molecule has 0 aromatic heterocycles. The number of carbonyl (C=O) groups is 2. The summed E-state index contributed by atoms with van der Waals surface area (Å²) < 4.78 is 0. The van der Waals surface area contributed by atoms with Gasteiger partial charge in [-0.3, -0.25) is 14.9 Å². The first-order chi connectivity index (χ1) is 8.34. The number of Topliss-reactive ketones (excluding diaryl/α,β-unsaturated/α-hetero) is 1. The van der Waals surface area contributed by atoms with Gasteiger partial charge in [-0.25, -0.2) is 4.79 Å². The lowest BCUT2D eigenvalue weighted by Crippen LogP contribution is -2.08. The van der Waals surface area contributed by atoms with Gasteiger partial charge in [0.05, 0.1) is 4.92 Å². The van der Waals surface area contributed by atoms with Crippen LogP contribution in [0.4, 0.5) is 5.69 Å². The number of nitro groups is 1. The molecule has 0 aliphatic carbocycles. The number of hydrogen-bond donors (Lipinski definition) is 1. The molecule has 7 heteroatoms. The zero-order chi connectivity index (χ0) is 13.9. The van der Waals surface area contributed by atoms with Crippen molar-refractivity contribution in [1.82, 2.24) is 0 Å². The van der Waals surface area contributed by atoms with E-state index in [1.165, 1.54) is 18.2 Å². The van der Waals surface area contributed by atoms with E-state index >= 15 is 0 Å². The second-order valence-electron chi connectivity index (χ2n) is 3.36. The lowest BCUT2D eigenvalue weighted by Gasteiger charge is -2.01. The highest BCUT2D eigenvalue weighted by Gasteiger charge is 2.17. The number of carboxylic acid groups (broad SMARTS) is 1. The van der Waals surface area contributed by atoms with Gasteiger partial charge >= 0.3 is 5.97 Å². The second kappa shape index (κ2) is 5.42. The van der Waals surface area contributed by atoms with Gasteiger partial charge in [-0.1, -0.05) is 23.7 Å². The summed E-state index contributed by atoms with van der Waals surface area (Å²) >= 11 is 5.77. The smallest absolute Gasteiger partial charge is 0.339 e. The molecule has 0 fully saturated rings. The molecule has 1 aromatic rings. The summed E-state index contributed by atoms with van der Waals surface area (Å²) in [4.78, 5) is 31.9. The van der Waals surface area contributed by atoms with Crippen LogP contribution in [0.3, 0.4) is 0 Å². The van der Waals surface area contributed by atoms with Crippen molar-refractivity contribution in [2.75, 3.05) is 0 Å². The van der Waals surface area contributed by atoms with Crippen molar-refractivity contribution in [3.05, 3.63) is 44.5 Å². The van der Waals surface area contributed by atoms with Gasteiger partial charge in [-0.2, -0.15) is 0 Å². The second-order valence-corrected chi connectivity index (χ2v) is 3.73. The van der Waals surface area contributed by atoms with E-state index in [4.69, 9.17) is 16.7 Å². The molecule has 0 aliphatic rings. The fourth-order valence-electron chi connectivity index (χ4n) is 1.26. The Morgan fingerprint density at radius 1 is 1.44 bits per heavy atom. The summed E-state index contributed by atoms with van der Waals surface area (Å²) in [5, 5.41) is 19.2. The van der Waals surface area contributed by atoms with Crippen molar-refractivity contribution < 1.29 is 19.6 Å². The third kappa shape index (κ3) is 2.92. The van der Waals surface area contributed by atoms with Gasteiger partial charge in [-0.05, 0) is 13.0 Å². The zero-order valence-corrected chi connectivity index (χ0v) is 9.97. The molecule has 0 atom stereocenters. The topological polar surface area (TPSA) is 97.5 Å². The molecule has 0 bridgehead atoms. The minimum atomic E-state index is -1.41. The van der Waals surface area contributed by atoms with Crippen molar-refractivity contribution >= 4 is 35.1 Å². The van der Waals surface area contributed by atoms with Gasteiger partial charge in [0.25, 0.3) is 5.69 Å². The van der Waals surface area contributed by atoms with Crippen molar-refractivity contribution in [2.24, 2.45) is 0 Å². The van der Waals surface area contributed by atoms with Crippen molar-refractivity contribution in [1.29, 1.82) is 0 Å². The zero-order valence-electron chi connectivity index (χ0n) is 9.21. The molecule has 0 unspecified atom stereocenters. The predicted octanol–water partition coefficient (Wildman–Crippen LogP) is 2.31. The Kier molecular flexibility index (Phi) is 4.17. The maximum Gasteiger partial charge on any atom is 0.339 e. The van der Waals surface area contributed by atoms with E-state index < -0.39 is 22.2 Å². The van der Waals surface area contributed by atoms with Gasteiger partial charge in [-0.15, -0.1) is 0 Å². The molecule has 0 saturated heterocycles. The molecule has 0 heterocycles. The predicted molar refractivity (Wildman–Crippen MR) is 64.4 cm³/mol. The largest absolute Gasteiger partial charge is 0.478 e. The molecule has 94 valence electrons. The Hall–Kier alpha value is -2.21. The molecule has 0 aliphatic heterocycles. The standard InChI is InChI=1S/C11H8ClNO5/c1-6(14)8(11(15)16)5-7-3-2-4-9(10(7)12)13(17)18/h2-5H,1H3,(H,15,16)/b8-5-. The molecule has 0 amide bonds. The van der Waals surface area contributed by atoms with Crippen LogP contribution >= 0.6 is 11.6 Å². The lowest BCUT2D eigenvalue weighted by molar-refractivity contribution is -0.384. The number of carbonyl (C=O) groups excluding carboxylic acids is 1. The van der Waals surface area contributed by atoms with Crippen molar-refractivity contribution in [3.63, 3.8) is 0 Å². The number of nitro benzene ring substituents is 1. The SMILES string of the molecule is CC(=O)/C(=C/c1cccc([N+](=O)[O-])c1Cl)C(=O)O. The number of benzene rings is 1. The quantitative estimate of drug-likeness (QED) is 0.297. The Balaban J connectivity index is 3.39. The van der Waals surface area contributed by atoms with Crippen LogP contribution in [-0.2, 0) is 9.59 Å². The van der Waals surface area contributed by atoms with Crippen molar-refractivity contribution in [3.8, 4) is 0 Å². The normalized spacial score (nSPS) is 11.1. The van der Waals surface area contributed by atoms with E-state index in [1.807, 2.05) is 0 Å². The highest BCUT2D eigenvalue weighted by atomic mass is 35.5. The third-order valence-electron chi connectivity index (χ3n) is 2.11. The summed E-state index contributed by atoms with van der Waals surface area (Å²) in [6.45, 7) is 1.09. The summed E-state index contributed by atoms with van der Waals surface area (Å²) in [7, 11) is 0. The van der Waals surface area contributed by atoms with Crippen LogP contribution in [0.2, 0.25) is 5.02 Å². The number of ketones is 1. The number of hydrogen-bond acceptors (Lipinski definition) is 4. The molecular formula is C11H8ClNO5. The molecule has 0 radical (unpaired) electrons. The minimum Gasteiger partial charge on any atom is -0.478 e. The third-order valence-corrected chi connectivity index (χ3v) is 2.53. The van der Waals surface area contributed by atoms with Crippen LogP contribution in [-0.4, -0.2) is 21.8 Å². The fourth-order valence-corrected chi connectivity index (χ4v) is 1.51. The van der Waals surface area contributed by atoms with E-state index in [9.17, 15) is 19.7 Å². The van der Waals surface area contributed by atoms with Gasteiger partial charge in [0.1, 0.15) is 10.6 Å². The molecule has 0 spiro atoms. The van der Waals surface area contributed by atoms with E-state index in [0.717, 1.165) is 13.0 Å². The maximum atomic E-state index is 11.1. The van der Waals surface area contributed by atoms with E-state index in [-0.39, 0.29) is 16.3 Å². The van der Waals surface area contributed by atoms with Crippen LogP contribution in [0.1, 0.15) is 12.5 Å². The van der Waals surface area contributed by atoms with Crippen LogP contribution in [0.15, 0.2) is 23.8 Å². The van der Waals surface area contributed by atoms with E-state index in [0.29, 0.717) is 0 Å². The number of halogens is 1. The molecule has 6 nitrogen and oxygen atoms in total. The highest BCUT2D eigenvalue weighted by Crippen LogP contribution is 2.29. The lowest BCUT2D eigenvalue weighted by atomic mass is 10.1. The van der Waals surface area contributed by atoms with E-state index in [2.05, 4.69) is 0 Å². The van der Waals surface area contributed by atoms with Crippen LogP contribution < -0.4 is 0 Å². The monoisotopic (exact) mass is 269 g/mol. The van der Waals surface area contributed by atoms with Gasteiger partial charge in [0.2, 0.25) is 0 Å². The molecular weight excluding hydrogens is 262 g/mol. The van der Waals surface area contributed by atoms with Crippen LogP contribution in [0.5, 0.6) is 0 Å². The molecule has 1 rings (SSSR count). The molecule has 18 heavy (non-hydrogen) atoms. The first-order valence-corrected chi connectivity index (χ1v) is 5.11. The van der Waals surface area contributed by atoms with Gasteiger partial charge in [0, 0.05) is 11.6 Å². The average molecular weight is 270 g/mol. The van der Waals surface area contributed by atoms with Crippen LogP contribution in [0.25, 0.3) is 6.08 Å². The number of carboxylic acids is 1. The highest BCUT2D eigenvalue weighted by molar-refractivity contribution is 6.34. The van der Waals surface area contributed by atoms with Gasteiger partial charge in [0.15, 0.2) is 5.78 Å². The summed E-state index contributed by atoms with van der Waals surface area (Å²) in [5.41, 5.74) is -0.727. The first-order valence-electron chi connectivity index (χ1n) is 4.73. The Labute approximate surface area is 107 Å². The van der Waals surface area contributed by atoms with Crippen LogP contribution in [0, 0.1) is 10.1 Å². The first kappa shape index (κ1) is 13.9. The summed E-state index contributed by atoms with van der Waals surface area (Å²) in [5.74, 6) is -2.07. The summed E-state index contributed by atoms with van der Waals surface area (Å²) in [6.07, 6.45) is 1.01. The Morgan fingerprint density at radius 3 is 2.50 bits per heavy atom. The molecule has 1 N–H and O–H groups in total. The fraction of sp³-hybridized carbons (Fsp3) is 0.0909. The van der Waals surface area contributed by atoms with Gasteiger partial charge < -0.3 is 5.11 Å². The number of rotatable bonds is 4. The average Bonchev–Trinajstić information content (AvgIpc) is 2.26. The number of aliphatic carboxylic acids is 1. The molecule has 1 aromatic carbocycles. The minimum absolute atomic E-state index is 0.110. The Bertz CT molecular complexity index is 549. The summed E-state index contributed by atoms with van der Waals surface area (Å²) in [6, 6.07) is 3.94. The number of nitrogens with zero attached hydrogens (tertiary/aromatic N) is 1.